The van der Waals surface area contributed by atoms with E-state index in [9.17, 15) is 10.1 Å². The van der Waals surface area contributed by atoms with Crippen molar-refractivity contribution in [3.63, 3.8) is 0 Å². The van der Waals surface area contributed by atoms with Gasteiger partial charge in [0.1, 0.15) is 0 Å². The highest BCUT2D eigenvalue weighted by atomic mass is 16.6. The first-order chi connectivity index (χ1) is 6.18. The number of hydrogen-bond acceptors (Lipinski definition) is 4. The molecule has 1 heterocycles. The molecule has 66 valence electrons. The van der Waals surface area contributed by atoms with Crippen molar-refractivity contribution in [2.75, 3.05) is 0 Å². The van der Waals surface area contributed by atoms with Gasteiger partial charge in [0, 0.05) is 16.6 Å². The molecule has 0 aromatic rings. The molecule has 5 nitrogen and oxygen atoms in total. The van der Waals surface area contributed by atoms with Crippen molar-refractivity contribution in [1.29, 1.82) is 0 Å². The van der Waals surface area contributed by atoms with E-state index in [1.807, 2.05) is 0 Å². The Bertz CT molecular complexity index is 390. The van der Waals surface area contributed by atoms with Gasteiger partial charge in [-0.25, -0.2) is 0 Å². The van der Waals surface area contributed by atoms with Crippen LogP contribution in [-0.4, -0.2) is 22.4 Å². The summed E-state index contributed by atoms with van der Waals surface area (Å²) in [5.74, 6) is 0. The fourth-order valence-electron chi connectivity index (χ4n) is 1.30. The van der Waals surface area contributed by atoms with Gasteiger partial charge >= 0.3 is 0 Å². The standard InChI is InChI=1S/C8H7N3O2/c1-5-7-4-6(11(12)13)2-3-8(7)10-9-5/h2-4,6H,1H3/t6-/m1/s1. The third-order valence-electron chi connectivity index (χ3n) is 2.01. The molecule has 0 spiro atoms. The molecule has 1 aliphatic heterocycles. The first kappa shape index (κ1) is 7.85. The second-order valence-corrected chi connectivity index (χ2v) is 2.89. The SMILES string of the molecule is CC1=NN=C2C=C[C@@H]([N+](=O)[O-])C=C12. The summed E-state index contributed by atoms with van der Waals surface area (Å²) in [5, 5.41) is 18.2. The molecule has 0 bridgehead atoms. The van der Waals surface area contributed by atoms with Gasteiger partial charge in [0.2, 0.25) is 0 Å². The number of rotatable bonds is 1. The van der Waals surface area contributed by atoms with Crippen molar-refractivity contribution in [1.82, 2.24) is 0 Å². The maximum atomic E-state index is 10.5. The van der Waals surface area contributed by atoms with Crippen molar-refractivity contribution in [2.45, 2.75) is 13.0 Å². The summed E-state index contributed by atoms with van der Waals surface area (Å²) < 4.78 is 0. The van der Waals surface area contributed by atoms with Crippen molar-refractivity contribution in [3.05, 3.63) is 33.9 Å². The summed E-state index contributed by atoms with van der Waals surface area (Å²) >= 11 is 0. The first-order valence-corrected chi connectivity index (χ1v) is 3.85. The van der Waals surface area contributed by atoms with Crippen molar-refractivity contribution in [3.8, 4) is 0 Å². The summed E-state index contributed by atoms with van der Waals surface area (Å²) in [6.07, 6.45) is 4.73. The lowest BCUT2D eigenvalue weighted by molar-refractivity contribution is -0.496. The zero-order valence-corrected chi connectivity index (χ0v) is 6.97. The lowest BCUT2D eigenvalue weighted by atomic mass is 9.98. The number of nitrogens with zero attached hydrogens (tertiary/aromatic N) is 3. The van der Waals surface area contributed by atoms with E-state index >= 15 is 0 Å². The number of fused-ring (bicyclic) bond motifs is 1. The molecule has 0 aromatic heterocycles. The largest absolute Gasteiger partial charge is 0.264 e. The molecule has 1 aliphatic carbocycles. The van der Waals surface area contributed by atoms with Crippen LogP contribution >= 0.6 is 0 Å². The zero-order chi connectivity index (χ0) is 9.42. The number of nitro groups is 1. The van der Waals surface area contributed by atoms with Gasteiger partial charge in [-0.1, -0.05) is 0 Å². The Morgan fingerprint density at radius 3 is 3.00 bits per heavy atom. The Hall–Kier alpha value is -1.78. The summed E-state index contributed by atoms with van der Waals surface area (Å²) in [4.78, 5) is 10.1. The Morgan fingerprint density at radius 1 is 1.54 bits per heavy atom. The summed E-state index contributed by atoms with van der Waals surface area (Å²) in [6.45, 7) is 1.79. The van der Waals surface area contributed by atoms with Crippen LogP contribution in [0.5, 0.6) is 0 Å². The van der Waals surface area contributed by atoms with E-state index in [0.29, 0.717) is 0 Å². The summed E-state index contributed by atoms with van der Waals surface area (Å²) in [6, 6.07) is -0.739. The van der Waals surface area contributed by atoms with Crippen LogP contribution in [0.15, 0.2) is 34.0 Å². The predicted octanol–water partition coefficient (Wildman–Crippen LogP) is 0.958. The molecule has 0 N–H and O–H groups in total. The summed E-state index contributed by atoms with van der Waals surface area (Å²) in [7, 11) is 0. The fraction of sp³-hybridized carbons (Fsp3) is 0.250. The molecule has 5 heteroatoms. The third kappa shape index (κ3) is 1.18. The fourth-order valence-corrected chi connectivity index (χ4v) is 1.30. The maximum Gasteiger partial charge on any atom is 0.250 e. The van der Waals surface area contributed by atoms with Gasteiger partial charge in [0.05, 0.1) is 11.4 Å². The van der Waals surface area contributed by atoms with Crippen LogP contribution in [0.2, 0.25) is 0 Å². The molecule has 1 atom stereocenters. The first-order valence-electron chi connectivity index (χ1n) is 3.85. The highest BCUT2D eigenvalue weighted by Gasteiger charge is 2.24. The molecule has 0 saturated carbocycles. The molecule has 0 aromatic carbocycles. The monoisotopic (exact) mass is 177 g/mol. The Morgan fingerprint density at radius 2 is 2.31 bits per heavy atom. The Labute approximate surface area is 74.3 Å². The average molecular weight is 177 g/mol. The van der Waals surface area contributed by atoms with Gasteiger partial charge in [-0.3, -0.25) is 10.1 Å². The van der Waals surface area contributed by atoms with Gasteiger partial charge in [0.15, 0.2) is 0 Å². The van der Waals surface area contributed by atoms with Crippen LogP contribution in [0.1, 0.15) is 6.92 Å². The Kier molecular flexibility index (Phi) is 1.58. The normalized spacial score (nSPS) is 24.7. The molecule has 0 unspecified atom stereocenters. The minimum Gasteiger partial charge on any atom is -0.264 e. The second-order valence-electron chi connectivity index (χ2n) is 2.89. The van der Waals surface area contributed by atoms with Crippen LogP contribution in [-0.2, 0) is 0 Å². The van der Waals surface area contributed by atoms with E-state index in [2.05, 4.69) is 10.2 Å². The highest BCUT2D eigenvalue weighted by molar-refractivity contribution is 6.30. The minimum absolute atomic E-state index is 0.341. The van der Waals surface area contributed by atoms with E-state index in [4.69, 9.17) is 0 Å². The van der Waals surface area contributed by atoms with Crippen LogP contribution in [0.3, 0.4) is 0 Å². The van der Waals surface area contributed by atoms with Gasteiger partial charge in [-0.2, -0.15) is 10.2 Å². The van der Waals surface area contributed by atoms with Crippen LogP contribution in [0.25, 0.3) is 0 Å². The molecule has 0 amide bonds. The highest BCUT2D eigenvalue weighted by Crippen LogP contribution is 2.17. The van der Waals surface area contributed by atoms with Crippen molar-refractivity contribution >= 4 is 11.4 Å². The van der Waals surface area contributed by atoms with Crippen molar-refractivity contribution < 1.29 is 4.92 Å². The van der Waals surface area contributed by atoms with E-state index < -0.39 is 6.04 Å². The Balaban J connectivity index is 2.36. The van der Waals surface area contributed by atoms with Crippen LogP contribution in [0, 0.1) is 10.1 Å². The zero-order valence-electron chi connectivity index (χ0n) is 6.97. The molecule has 2 aliphatic rings. The van der Waals surface area contributed by atoms with Gasteiger partial charge in [-0.05, 0) is 19.1 Å². The van der Waals surface area contributed by atoms with E-state index in [1.165, 1.54) is 6.08 Å². The van der Waals surface area contributed by atoms with Gasteiger partial charge < -0.3 is 0 Å². The van der Waals surface area contributed by atoms with Crippen molar-refractivity contribution in [2.24, 2.45) is 10.2 Å². The topological polar surface area (TPSA) is 67.9 Å². The molecule has 0 saturated heterocycles. The van der Waals surface area contributed by atoms with Gasteiger partial charge in [0.25, 0.3) is 6.04 Å². The minimum atomic E-state index is -0.739. The van der Waals surface area contributed by atoms with Crippen LogP contribution in [0.4, 0.5) is 0 Å². The molecule has 2 rings (SSSR count). The molecule has 13 heavy (non-hydrogen) atoms. The number of allylic oxidation sites excluding steroid dienone is 2. The third-order valence-corrected chi connectivity index (χ3v) is 2.01. The summed E-state index contributed by atoms with van der Waals surface area (Å²) in [5.41, 5.74) is 2.24. The molecular weight excluding hydrogens is 170 g/mol. The molecule has 0 radical (unpaired) electrons. The van der Waals surface area contributed by atoms with Crippen LogP contribution < -0.4 is 0 Å². The maximum absolute atomic E-state index is 10.5. The second kappa shape index (κ2) is 2.62. The average Bonchev–Trinajstić information content (AvgIpc) is 2.47. The van der Waals surface area contributed by atoms with E-state index in [1.54, 1.807) is 19.1 Å². The number of hydrogen-bond donors (Lipinski definition) is 0. The lowest BCUT2D eigenvalue weighted by Crippen LogP contribution is -2.20. The van der Waals surface area contributed by atoms with Gasteiger partial charge in [-0.15, -0.1) is 0 Å². The molecule has 0 fully saturated rings. The van der Waals surface area contributed by atoms with E-state index in [-0.39, 0.29) is 4.92 Å². The quantitative estimate of drug-likeness (QED) is 0.442. The lowest BCUT2D eigenvalue weighted by Gasteiger charge is -2.07. The smallest absolute Gasteiger partial charge is 0.250 e. The predicted molar refractivity (Wildman–Crippen MR) is 48.5 cm³/mol. The molecular formula is C8H7N3O2. The van der Waals surface area contributed by atoms with E-state index in [0.717, 1.165) is 17.0 Å².